The number of likely N-dealkylation sites (N-methyl/N-ethyl adjacent to an activating group) is 1. The van der Waals surface area contributed by atoms with Gasteiger partial charge in [0.15, 0.2) is 22.4 Å². The Morgan fingerprint density at radius 3 is 2.46 bits per heavy atom. The third-order valence-corrected chi connectivity index (χ3v) is 7.34. The van der Waals surface area contributed by atoms with Crippen LogP contribution in [0.4, 0.5) is 0 Å². The molecule has 1 aliphatic heterocycles. The topological polar surface area (TPSA) is 88.2 Å². The van der Waals surface area contributed by atoms with Crippen LogP contribution in [0.25, 0.3) is 6.08 Å². The van der Waals surface area contributed by atoms with Gasteiger partial charge < -0.3 is 14.4 Å². The summed E-state index contributed by atoms with van der Waals surface area (Å²) in [6, 6.07) is 9.74. The molecular formula is C25H25BrClN3O5S2. The van der Waals surface area contributed by atoms with Crippen molar-refractivity contribution in [3.63, 3.8) is 0 Å². The molecular weight excluding hydrogens is 602 g/mol. The minimum Gasteiger partial charge on any atom is -0.490 e. The highest BCUT2D eigenvalue weighted by atomic mass is 79.9. The summed E-state index contributed by atoms with van der Waals surface area (Å²) in [4.78, 5) is 39.9. The standard InChI is InChI=1S/C25H25BrClN3O5S2/c1-4-29(5-2)21(31)14-35-22-18(26)11-15(12-19(22)34-6-3)13-20-24(33)30(25(36)37-20)28-23(32)16-7-9-17(27)10-8-16/h7-13H,4-6,14H2,1-3H3,(H,28,32)/b20-13+. The second-order valence-electron chi connectivity index (χ2n) is 7.58. The van der Waals surface area contributed by atoms with E-state index in [0.717, 1.165) is 16.8 Å². The minimum atomic E-state index is -0.489. The Hall–Kier alpha value is -2.60. The van der Waals surface area contributed by atoms with Crippen molar-refractivity contribution in [2.45, 2.75) is 20.8 Å². The van der Waals surface area contributed by atoms with E-state index < -0.39 is 11.8 Å². The van der Waals surface area contributed by atoms with Gasteiger partial charge >= 0.3 is 0 Å². The second kappa shape index (κ2) is 13.3. The highest BCUT2D eigenvalue weighted by molar-refractivity contribution is 9.10. The van der Waals surface area contributed by atoms with Crippen molar-refractivity contribution in [1.82, 2.24) is 15.3 Å². The fraction of sp³-hybridized carbons (Fsp3) is 0.280. The number of nitrogens with one attached hydrogen (secondary N) is 1. The van der Waals surface area contributed by atoms with Gasteiger partial charge in [-0.2, -0.15) is 5.01 Å². The maximum Gasteiger partial charge on any atom is 0.285 e. The molecule has 196 valence electrons. The van der Waals surface area contributed by atoms with Crippen molar-refractivity contribution >= 4 is 79.6 Å². The molecule has 0 atom stereocenters. The first kappa shape index (κ1) is 29.0. The van der Waals surface area contributed by atoms with Gasteiger partial charge in [0.25, 0.3) is 17.7 Å². The zero-order chi connectivity index (χ0) is 27.1. The number of rotatable bonds is 10. The summed E-state index contributed by atoms with van der Waals surface area (Å²) in [7, 11) is 0. The van der Waals surface area contributed by atoms with Gasteiger partial charge in [-0.15, -0.1) is 0 Å². The molecule has 1 aliphatic rings. The molecule has 2 aromatic rings. The van der Waals surface area contributed by atoms with Crippen LogP contribution in [0.5, 0.6) is 11.5 Å². The molecule has 0 saturated carbocycles. The van der Waals surface area contributed by atoms with E-state index in [1.807, 2.05) is 20.8 Å². The molecule has 0 bridgehead atoms. The predicted molar refractivity (Wildman–Crippen MR) is 153 cm³/mol. The number of ether oxygens (including phenoxy) is 2. The van der Waals surface area contributed by atoms with E-state index in [4.69, 9.17) is 33.3 Å². The molecule has 3 rings (SSSR count). The second-order valence-corrected chi connectivity index (χ2v) is 10.5. The van der Waals surface area contributed by atoms with Gasteiger partial charge in [-0.3, -0.25) is 19.8 Å². The number of nitrogens with zero attached hydrogens (tertiary/aromatic N) is 2. The lowest BCUT2D eigenvalue weighted by Gasteiger charge is -2.20. The van der Waals surface area contributed by atoms with E-state index in [1.54, 1.807) is 47.4 Å². The summed E-state index contributed by atoms with van der Waals surface area (Å²) in [6.07, 6.45) is 1.64. The number of hydrogen-bond donors (Lipinski definition) is 1. The van der Waals surface area contributed by atoms with Crippen LogP contribution in [0.15, 0.2) is 45.8 Å². The average Bonchev–Trinajstić information content (AvgIpc) is 3.12. The Morgan fingerprint density at radius 2 is 1.84 bits per heavy atom. The fourth-order valence-electron chi connectivity index (χ4n) is 3.36. The monoisotopic (exact) mass is 625 g/mol. The van der Waals surface area contributed by atoms with E-state index in [-0.39, 0.29) is 16.8 Å². The average molecular weight is 627 g/mol. The zero-order valence-corrected chi connectivity index (χ0v) is 24.4. The van der Waals surface area contributed by atoms with Gasteiger partial charge in [0.05, 0.1) is 16.0 Å². The van der Waals surface area contributed by atoms with Crippen molar-refractivity contribution in [2.75, 3.05) is 26.3 Å². The van der Waals surface area contributed by atoms with Crippen molar-refractivity contribution in [2.24, 2.45) is 0 Å². The molecule has 3 amide bonds. The number of carbonyl (C=O) groups is 3. The van der Waals surface area contributed by atoms with E-state index in [0.29, 0.717) is 56.7 Å². The van der Waals surface area contributed by atoms with Crippen molar-refractivity contribution in [3.8, 4) is 11.5 Å². The van der Waals surface area contributed by atoms with Gasteiger partial charge in [0.1, 0.15) is 0 Å². The number of hydrazine groups is 1. The van der Waals surface area contributed by atoms with Crippen LogP contribution in [0.1, 0.15) is 36.7 Å². The number of halogens is 2. The number of thioether (sulfide) groups is 1. The van der Waals surface area contributed by atoms with Crippen LogP contribution < -0.4 is 14.9 Å². The molecule has 0 aliphatic carbocycles. The van der Waals surface area contributed by atoms with Gasteiger partial charge in [0, 0.05) is 23.7 Å². The first-order chi connectivity index (χ1) is 17.7. The lowest BCUT2D eigenvalue weighted by molar-refractivity contribution is -0.133. The first-order valence-electron chi connectivity index (χ1n) is 11.4. The smallest absolute Gasteiger partial charge is 0.285 e. The molecule has 0 spiro atoms. The van der Waals surface area contributed by atoms with Crippen LogP contribution >= 0.6 is 51.5 Å². The molecule has 2 aromatic carbocycles. The minimum absolute atomic E-state index is 0.132. The summed E-state index contributed by atoms with van der Waals surface area (Å²) in [6.45, 7) is 7.07. The van der Waals surface area contributed by atoms with Crippen molar-refractivity contribution in [3.05, 3.63) is 61.9 Å². The summed E-state index contributed by atoms with van der Waals surface area (Å²) < 4.78 is 12.3. The van der Waals surface area contributed by atoms with Crippen LogP contribution in [-0.4, -0.2) is 58.3 Å². The van der Waals surface area contributed by atoms with E-state index in [9.17, 15) is 14.4 Å². The van der Waals surface area contributed by atoms with Crippen LogP contribution in [0, 0.1) is 0 Å². The molecule has 12 heteroatoms. The first-order valence-corrected chi connectivity index (χ1v) is 13.8. The van der Waals surface area contributed by atoms with E-state index in [2.05, 4.69) is 21.4 Å². The lowest BCUT2D eigenvalue weighted by Crippen LogP contribution is -2.44. The maximum absolute atomic E-state index is 13.0. The Labute approximate surface area is 238 Å². The number of amides is 3. The fourth-order valence-corrected chi connectivity index (χ4v) is 5.24. The molecule has 1 saturated heterocycles. The highest BCUT2D eigenvalue weighted by Gasteiger charge is 2.34. The summed E-state index contributed by atoms with van der Waals surface area (Å²) in [5.41, 5.74) is 3.51. The summed E-state index contributed by atoms with van der Waals surface area (Å²) >= 11 is 15.7. The van der Waals surface area contributed by atoms with E-state index >= 15 is 0 Å². The van der Waals surface area contributed by atoms with Crippen LogP contribution in [0.3, 0.4) is 0 Å². The Morgan fingerprint density at radius 1 is 1.16 bits per heavy atom. The third-order valence-electron chi connectivity index (χ3n) is 5.20. The largest absolute Gasteiger partial charge is 0.490 e. The van der Waals surface area contributed by atoms with Crippen LogP contribution in [0.2, 0.25) is 5.02 Å². The molecule has 1 fully saturated rings. The quantitative estimate of drug-likeness (QED) is 0.283. The van der Waals surface area contributed by atoms with Gasteiger partial charge in [-0.05, 0) is 97.0 Å². The molecule has 0 unspecified atom stereocenters. The molecule has 37 heavy (non-hydrogen) atoms. The third kappa shape index (κ3) is 7.25. The van der Waals surface area contributed by atoms with Crippen molar-refractivity contribution in [1.29, 1.82) is 0 Å². The number of carbonyl (C=O) groups excluding carboxylic acids is 3. The Balaban J connectivity index is 1.79. The Kier molecular flexibility index (Phi) is 10.4. The van der Waals surface area contributed by atoms with Crippen molar-refractivity contribution < 1.29 is 23.9 Å². The zero-order valence-electron chi connectivity index (χ0n) is 20.4. The number of thiocarbonyl (C=S) groups is 1. The normalized spacial score (nSPS) is 14.2. The molecule has 0 radical (unpaired) electrons. The predicted octanol–water partition coefficient (Wildman–Crippen LogP) is 5.29. The van der Waals surface area contributed by atoms with Gasteiger partial charge in [-0.1, -0.05) is 23.4 Å². The molecule has 8 nitrogen and oxygen atoms in total. The number of hydrogen-bond acceptors (Lipinski definition) is 7. The van der Waals surface area contributed by atoms with E-state index in [1.165, 1.54) is 0 Å². The molecule has 1 heterocycles. The van der Waals surface area contributed by atoms with Gasteiger partial charge in [-0.25, -0.2) is 0 Å². The SMILES string of the molecule is CCOc1cc(/C=C2/SC(=S)N(NC(=O)c3ccc(Cl)cc3)C2=O)cc(Br)c1OCC(=O)N(CC)CC. The lowest BCUT2D eigenvalue weighted by atomic mass is 10.2. The maximum atomic E-state index is 13.0. The van der Waals surface area contributed by atoms with Crippen LogP contribution in [-0.2, 0) is 9.59 Å². The van der Waals surface area contributed by atoms with Gasteiger partial charge in [0.2, 0.25) is 0 Å². The highest BCUT2D eigenvalue weighted by Crippen LogP contribution is 2.39. The molecule has 0 aromatic heterocycles. The summed E-state index contributed by atoms with van der Waals surface area (Å²) in [5, 5.41) is 1.53. The molecule has 1 N–H and O–H groups in total. The summed E-state index contributed by atoms with van der Waals surface area (Å²) in [5.74, 6) is -0.273. The number of benzene rings is 2. The Bertz CT molecular complexity index is 1240.